The Morgan fingerprint density at radius 1 is 1.38 bits per heavy atom. The predicted octanol–water partition coefficient (Wildman–Crippen LogP) is 2.86. The highest BCUT2D eigenvalue weighted by Crippen LogP contribution is 2.33. The molecule has 3 N–H and O–H groups in total. The van der Waals surface area contributed by atoms with Crippen molar-refractivity contribution in [2.24, 2.45) is 5.92 Å². The van der Waals surface area contributed by atoms with Crippen LogP contribution < -0.4 is 11.1 Å². The van der Waals surface area contributed by atoms with Crippen LogP contribution in [0.3, 0.4) is 0 Å². The van der Waals surface area contributed by atoms with E-state index < -0.39 is 0 Å². The maximum atomic E-state index is 5.87. The second-order valence-corrected chi connectivity index (χ2v) is 4.95. The number of aryl methyl sites for hydroxylation is 1. The van der Waals surface area contributed by atoms with Crippen molar-refractivity contribution in [2.45, 2.75) is 39.2 Å². The molecule has 1 aromatic carbocycles. The van der Waals surface area contributed by atoms with Crippen LogP contribution in [0.25, 0.3) is 0 Å². The van der Waals surface area contributed by atoms with E-state index in [4.69, 9.17) is 5.73 Å². The zero-order valence-corrected chi connectivity index (χ0v) is 10.1. The minimum atomic E-state index is 0.900. The molecule has 1 aromatic rings. The zero-order chi connectivity index (χ0) is 11.4. The van der Waals surface area contributed by atoms with Gasteiger partial charge in [0.05, 0.1) is 0 Å². The Morgan fingerprint density at radius 3 is 2.88 bits per heavy atom. The van der Waals surface area contributed by atoms with Gasteiger partial charge in [0.15, 0.2) is 0 Å². The van der Waals surface area contributed by atoms with Crippen LogP contribution in [0.5, 0.6) is 0 Å². The number of nitrogens with one attached hydrogen (secondary N) is 1. The highest BCUT2D eigenvalue weighted by Gasteiger charge is 2.19. The molecule has 0 unspecified atom stereocenters. The van der Waals surface area contributed by atoms with Gasteiger partial charge in [-0.1, -0.05) is 25.0 Å². The Morgan fingerprint density at radius 2 is 2.19 bits per heavy atom. The van der Waals surface area contributed by atoms with Crippen molar-refractivity contribution in [3.05, 3.63) is 29.3 Å². The molecule has 1 aliphatic carbocycles. The molecule has 0 amide bonds. The molecule has 0 bridgehead atoms. The summed E-state index contributed by atoms with van der Waals surface area (Å²) in [4.78, 5) is 0. The summed E-state index contributed by atoms with van der Waals surface area (Å²) in [5.41, 5.74) is 9.22. The lowest BCUT2D eigenvalue weighted by Gasteiger charge is -2.07. The second-order valence-electron chi connectivity index (χ2n) is 4.95. The van der Waals surface area contributed by atoms with Gasteiger partial charge < -0.3 is 11.1 Å². The normalized spacial score (nSPS) is 15.3. The SMILES string of the molecule is Cc1ccc(CNCCCC2CC2)cc1N. The van der Waals surface area contributed by atoms with E-state index in [9.17, 15) is 0 Å². The number of nitrogen functional groups attached to an aromatic ring is 1. The van der Waals surface area contributed by atoms with Crippen molar-refractivity contribution in [1.29, 1.82) is 0 Å². The molecule has 1 saturated carbocycles. The highest BCUT2D eigenvalue weighted by atomic mass is 14.8. The Labute approximate surface area is 98.2 Å². The van der Waals surface area contributed by atoms with Gasteiger partial charge in [-0.3, -0.25) is 0 Å². The largest absolute Gasteiger partial charge is 0.399 e. The Balaban J connectivity index is 1.65. The van der Waals surface area contributed by atoms with E-state index >= 15 is 0 Å². The molecule has 1 fully saturated rings. The number of nitrogens with two attached hydrogens (primary N) is 1. The number of anilines is 1. The van der Waals surface area contributed by atoms with Crippen molar-refractivity contribution in [2.75, 3.05) is 12.3 Å². The maximum absolute atomic E-state index is 5.87. The van der Waals surface area contributed by atoms with Crippen LogP contribution in [0, 0.1) is 12.8 Å². The first-order valence-electron chi connectivity index (χ1n) is 6.31. The van der Waals surface area contributed by atoms with Crippen molar-refractivity contribution in [3.8, 4) is 0 Å². The lowest BCUT2D eigenvalue weighted by atomic mass is 10.1. The first-order valence-corrected chi connectivity index (χ1v) is 6.31. The summed E-state index contributed by atoms with van der Waals surface area (Å²) in [7, 11) is 0. The molecule has 1 aliphatic rings. The smallest absolute Gasteiger partial charge is 0.0346 e. The van der Waals surface area contributed by atoms with E-state index in [1.807, 2.05) is 6.92 Å². The lowest BCUT2D eigenvalue weighted by molar-refractivity contribution is 0.594. The first kappa shape index (κ1) is 11.5. The topological polar surface area (TPSA) is 38.0 Å². The summed E-state index contributed by atoms with van der Waals surface area (Å²) in [5, 5.41) is 3.48. The number of hydrogen-bond donors (Lipinski definition) is 2. The van der Waals surface area contributed by atoms with Gasteiger partial charge in [0, 0.05) is 12.2 Å². The molecular formula is C14H22N2. The Bertz CT molecular complexity index is 343. The van der Waals surface area contributed by atoms with E-state index in [2.05, 4.69) is 23.5 Å². The molecule has 16 heavy (non-hydrogen) atoms. The van der Waals surface area contributed by atoms with Crippen molar-refractivity contribution in [1.82, 2.24) is 5.32 Å². The van der Waals surface area contributed by atoms with Gasteiger partial charge in [-0.15, -0.1) is 0 Å². The molecule has 0 spiro atoms. The van der Waals surface area contributed by atoms with Gasteiger partial charge in [-0.05, 0) is 49.4 Å². The third-order valence-corrected chi connectivity index (χ3v) is 3.34. The van der Waals surface area contributed by atoms with Crippen LogP contribution in [0.15, 0.2) is 18.2 Å². The minimum Gasteiger partial charge on any atom is -0.399 e. The molecule has 88 valence electrons. The molecule has 2 nitrogen and oxygen atoms in total. The summed E-state index contributed by atoms with van der Waals surface area (Å²) in [6.45, 7) is 4.11. The van der Waals surface area contributed by atoms with Crippen molar-refractivity contribution in [3.63, 3.8) is 0 Å². The van der Waals surface area contributed by atoms with Gasteiger partial charge in [0.1, 0.15) is 0 Å². The summed E-state index contributed by atoms with van der Waals surface area (Å²) in [6.07, 6.45) is 5.65. The molecule has 0 aromatic heterocycles. The third kappa shape index (κ3) is 3.53. The van der Waals surface area contributed by atoms with E-state index in [0.717, 1.165) is 30.3 Å². The van der Waals surface area contributed by atoms with Crippen LogP contribution in [0.2, 0.25) is 0 Å². The molecule has 0 atom stereocenters. The number of benzene rings is 1. The molecule has 0 radical (unpaired) electrons. The number of rotatable bonds is 6. The monoisotopic (exact) mass is 218 g/mol. The van der Waals surface area contributed by atoms with Crippen LogP contribution in [-0.4, -0.2) is 6.54 Å². The minimum absolute atomic E-state index is 0.900. The lowest BCUT2D eigenvalue weighted by Crippen LogP contribution is -2.15. The third-order valence-electron chi connectivity index (χ3n) is 3.34. The molecule has 2 rings (SSSR count). The van der Waals surface area contributed by atoms with Gasteiger partial charge in [-0.2, -0.15) is 0 Å². The van der Waals surface area contributed by atoms with Crippen LogP contribution in [-0.2, 0) is 6.54 Å². The molecule has 2 heteroatoms. The van der Waals surface area contributed by atoms with Crippen molar-refractivity contribution < 1.29 is 0 Å². The highest BCUT2D eigenvalue weighted by molar-refractivity contribution is 5.48. The van der Waals surface area contributed by atoms with Gasteiger partial charge in [0.25, 0.3) is 0 Å². The molecule has 0 saturated heterocycles. The van der Waals surface area contributed by atoms with E-state index in [-0.39, 0.29) is 0 Å². The molecule has 0 heterocycles. The quantitative estimate of drug-likeness (QED) is 0.569. The maximum Gasteiger partial charge on any atom is 0.0346 e. The average Bonchev–Trinajstić information content (AvgIpc) is 3.07. The average molecular weight is 218 g/mol. The van der Waals surface area contributed by atoms with Gasteiger partial charge in [-0.25, -0.2) is 0 Å². The summed E-state index contributed by atoms with van der Waals surface area (Å²) >= 11 is 0. The fourth-order valence-corrected chi connectivity index (χ4v) is 1.95. The Hall–Kier alpha value is -1.02. The van der Waals surface area contributed by atoms with Crippen LogP contribution >= 0.6 is 0 Å². The number of hydrogen-bond acceptors (Lipinski definition) is 2. The first-order chi connectivity index (χ1) is 7.75. The van der Waals surface area contributed by atoms with Gasteiger partial charge in [0.2, 0.25) is 0 Å². The molecular weight excluding hydrogens is 196 g/mol. The fraction of sp³-hybridized carbons (Fsp3) is 0.571. The predicted molar refractivity (Wildman–Crippen MR) is 69.3 cm³/mol. The van der Waals surface area contributed by atoms with E-state index in [1.54, 1.807) is 0 Å². The summed E-state index contributed by atoms with van der Waals surface area (Å²) in [5.74, 6) is 1.05. The van der Waals surface area contributed by atoms with Crippen molar-refractivity contribution >= 4 is 5.69 Å². The fourth-order valence-electron chi connectivity index (χ4n) is 1.95. The van der Waals surface area contributed by atoms with Gasteiger partial charge >= 0.3 is 0 Å². The zero-order valence-electron chi connectivity index (χ0n) is 10.1. The standard InChI is InChI=1S/C14H22N2/c1-11-4-5-13(9-14(11)15)10-16-8-2-3-12-6-7-12/h4-5,9,12,16H,2-3,6-8,10,15H2,1H3. The summed E-state index contributed by atoms with van der Waals surface area (Å²) < 4.78 is 0. The van der Waals surface area contributed by atoms with E-state index in [0.29, 0.717) is 0 Å². The van der Waals surface area contributed by atoms with E-state index in [1.165, 1.54) is 31.2 Å². The molecule has 0 aliphatic heterocycles. The van der Waals surface area contributed by atoms with Crippen LogP contribution in [0.1, 0.15) is 36.8 Å². The Kier molecular flexibility index (Phi) is 3.83. The second kappa shape index (κ2) is 5.35. The van der Waals surface area contributed by atoms with Crippen LogP contribution in [0.4, 0.5) is 5.69 Å². The summed E-state index contributed by atoms with van der Waals surface area (Å²) in [6, 6.07) is 6.32.